The van der Waals surface area contributed by atoms with Crippen molar-refractivity contribution in [3.8, 4) is 0 Å². The summed E-state index contributed by atoms with van der Waals surface area (Å²) in [5, 5.41) is 3.17. The Balaban J connectivity index is 1.97. The molecule has 0 saturated heterocycles. The van der Waals surface area contributed by atoms with Crippen LogP contribution in [-0.4, -0.2) is 16.5 Å². The zero-order valence-corrected chi connectivity index (χ0v) is 12.6. The van der Waals surface area contributed by atoms with E-state index in [0.29, 0.717) is 5.52 Å². The minimum atomic E-state index is -0.477. The molecule has 4 nitrogen and oxygen atoms in total. The summed E-state index contributed by atoms with van der Waals surface area (Å²) in [6.45, 7) is 0. The van der Waals surface area contributed by atoms with Crippen molar-refractivity contribution in [2.75, 3.05) is 0 Å². The van der Waals surface area contributed by atoms with Gasteiger partial charge in [-0.15, -0.1) is 0 Å². The van der Waals surface area contributed by atoms with Gasteiger partial charge >= 0.3 is 0 Å². The van der Waals surface area contributed by atoms with E-state index in [4.69, 9.17) is 0 Å². The molecule has 1 amide bonds. The van der Waals surface area contributed by atoms with E-state index in [1.54, 1.807) is 17.7 Å². The molecular formula is C17H19FN2O2. The van der Waals surface area contributed by atoms with E-state index in [-0.39, 0.29) is 22.9 Å². The normalized spacial score (nSPS) is 15.9. The predicted molar refractivity (Wildman–Crippen MR) is 83.5 cm³/mol. The van der Waals surface area contributed by atoms with Gasteiger partial charge in [0.15, 0.2) is 0 Å². The van der Waals surface area contributed by atoms with Gasteiger partial charge in [-0.2, -0.15) is 0 Å². The van der Waals surface area contributed by atoms with Crippen molar-refractivity contribution < 1.29 is 9.18 Å². The topological polar surface area (TPSA) is 51.1 Å². The number of rotatable bonds is 2. The highest BCUT2D eigenvalue weighted by Crippen LogP contribution is 2.18. The van der Waals surface area contributed by atoms with Gasteiger partial charge in [0.1, 0.15) is 11.4 Å². The van der Waals surface area contributed by atoms with Crippen LogP contribution in [0.1, 0.15) is 42.5 Å². The maximum Gasteiger partial charge on any atom is 0.256 e. The van der Waals surface area contributed by atoms with Crippen molar-refractivity contribution in [3.05, 3.63) is 46.0 Å². The molecular weight excluding hydrogens is 283 g/mol. The number of carbonyl (C=O) groups is 1. The third-order valence-corrected chi connectivity index (χ3v) is 4.34. The number of benzene rings is 1. The fraction of sp³-hybridized carbons (Fsp3) is 0.412. The average molecular weight is 302 g/mol. The number of fused-ring (bicyclic) bond motifs is 1. The standard InChI is InChI=1S/C17H19FN2O2/c1-20-10-14(17(22)19-12-5-3-2-4-6-12)16(21)13-9-11(18)7-8-15(13)20/h7-10,12H,2-6H2,1H3,(H,19,22). The molecule has 0 bridgehead atoms. The Labute approximate surface area is 127 Å². The number of aryl methyl sites for hydroxylation is 1. The van der Waals surface area contributed by atoms with Crippen molar-refractivity contribution >= 4 is 16.8 Å². The lowest BCUT2D eigenvalue weighted by Crippen LogP contribution is -2.38. The van der Waals surface area contributed by atoms with Crippen LogP contribution in [0.25, 0.3) is 10.9 Å². The van der Waals surface area contributed by atoms with Crippen LogP contribution in [0.2, 0.25) is 0 Å². The summed E-state index contributed by atoms with van der Waals surface area (Å²) in [6.07, 6.45) is 6.84. The van der Waals surface area contributed by atoms with E-state index >= 15 is 0 Å². The van der Waals surface area contributed by atoms with Gasteiger partial charge in [0.25, 0.3) is 5.91 Å². The molecule has 0 spiro atoms. The molecule has 2 aromatic rings. The lowest BCUT2D eigenvalue weighted by Gasteiger charge is -2.22. The summed E-state index contributed by atoms with van der Waals surface area (Å²) in [6, 6.07) is 4.18. The van der Waals surface area contributed by atoms with Crippen molar-refractivity contribution in [2.24, 2.45) is 7.05 Å². The van der Waals surface area contributed by atoms with Crippen LogP contribution in [-0.2, 0) is 7.05 Å². The van der Waals surface area contributed by atoms with E-state index in [1.165, 1.54) is 24.8 Å². The van der Waals surface area contributed by atoms with Gasteiger partial charge in [0.05, 0.1) is 5.52 Å². The largest absolute Gasteiger partial charge is 0.350 e. The Morgan fingerprint density at radius 3 is 2.73 bits per heavy atom. The van der Waals surface area contributed by atoms with Gasteiger partial charge in [0.2, 0.25) is 5.43 Å². The van der Waals surface area contributed by atoms with Crippen LogP contribution in [0.4, 0.5) is 4.39 Å². The monoisotopic (exact) mass is 302 g/mol. The zero-order chi connectivity index (χ0) is 15.7. The minimum absolute atomic E-state index is 0.0752. The van der Waals surface area contributed by atoms with Crippen LogP contribution in [0.3, 0.4) is 0 Å². The van der Waals surface area contributed by atoms with Gasteiger partial charge in [-0.05, 0) is 31.0 Å². The first-order valence-corrected chi connectivity index (χ1v) is 7.66. The quantitative estimate of drug-likeness (QED) is 0.927. The molecule has 0 aliphatic heterocycles. The molecule has 22 heavy (non-hydrogen) atoms. The molecule has 1 aromatic carbocycles. The van der Waals surface area contributed by atoms with Gasteiger partial charge in [-0.3, -0.25) is 9.59 Å². The number of halogens is 1. The van der Waals surface area contributed by atoms with E-state index in [2.05, 4.69) is 5.32 Å². The third-order valence-electron chi connectivity index (χ3n) is 4.34. The number of hydrogen-bond donors (Lipinski definition) is 1. The Kier molecular flexibility index (Phi) is 3.96. The first-order chi connectivity index (χ1) is 10.6. The molecule has 5 heteroatoms. The number of hydrogen-bond acceptors (Lipinski definition) is 2. The molecule has 0 atom stereocenters. The summed E-state index contributed by atoms with van der Waals surface area (Å²) in [5.41, 5.74) is 0.271. The fourth-order valence-corrected chi connectivity index (χ4v) is 3.14. The maximum absolute atomic E-state index is 13.4. The van der Waals surface area contributed by atoms with Gasteiger partial charge < -0.3 is 9.88 Å². The number of carbonyl (C=O) groups excluding carboxylic acids is 1. The Morgan fingerprint density at radius 2 is 2.00 bits per heavy atom. The molecule has 3 rings (SSSR count). The summed E-state index contributed by atoms with van der Waals surface area (Å²) in [5.74, 6) is -0.840. The Bertz CT molecular complexity index is 776. The van der Waals surface area contributed by atoms with Crippen LogP contribution in [0, 0.1) is 5.82 Å². The first kappa shape index (κ1) is 14.8. The molecule has 1 aromatic heterocycles. The lowest BCUT2D eigenvalue weighted by atomic mass is 9.95. The number of amides is 1. The minimum Gasteiger partial charge on any atom is -0.350 e. The summed E-state index contributed by atoms with van der Waals surface area (Å²) < 4.78 is 15.1. The molecule has 1 fully saturated rings. The highest BCUT2D eigenvalue weighted by atomic mass is 19.1. The SMILES string of the molecule is Cn1cc(C(=O)NC2CCCCC2)c(=O)c2cc(F)ccc21. The van der Waals surface area contributed by atoms with Crippen LogP contribution in [0.5, 0.6) is 0 Å². The van der Waals surface area contributed by atoms with Gasteiger partial charge in [0, 0.05) is 24.7 Å². The smallest absolute Gasteiger partial charge is 0.256 e. The van der Waals surface area contributed by atoms with E-state index < -0.39 is 11.2 Å². The van der Waals surface area contributed by atoms with Crippen molar-refractivity contribution in [3.63, 3.8) is 0 Å². The summed E-state index contributed by atoms with van der Waals surface area (Å²) in [7, 11) is 1.75. The predicted octanol–water partition coefficient (Wildman–Crippen LogP) is 2.74. The summed E-state index contributed by atoms with van der Waals surface area (Å²) >= 11 is 0. The van der Waals surface area contributed by atoms with E-state index in [0.717, 1.165) is 25.7 Å². The summed E-state index contributed by atoms with van der Waals surface area (Å²) in [4.78, 5) is 24.9. The number of aromatic nitrogens is 1. The molecule has 116 valence electrons. The molecule has 0 unspecified atom stereocenters. The zero-order valence-electron chi connectivity index (χ0n) is 12.6. The molecule has 0 radical (unpaired) electrons. The second-order valence-corrected chi connectivity index (χ2v) is 5.95. The van der Waals surface area contributed by atoms with E-state index in [1.807, 2.05) is 0 Å². The molecule has 1 heterocycles. The van der Waals surface area contributed by atoms with Gasteiger partial charge in [-0.25, -0.2) is 4.39 Å². The lowest BCUT2D eigenvalue weighted by molar-refractivity contribution is 0.0926. The molecule has 1 N–H and O–H groups in total. The van der Waals surface area contributed by atoms with Crippen molar-refractivity contribution in [1.82, 2.24) is 9.88 Å². The Hall–Kier alpha value is -2.17. The van der Waals surface area contributed by atoms with Crippen LogP contribution in [0.15, 0.2) is 29.2 Å². The maximum atomic E-state index is 13.4. The van der Waals surface area contributed by atoms with Crippen LogP contribution >= 0.6 is 0 Å². The second-order valence-electron chi connectivity index (χ2n) is 5.95. The van der Waals surface area contributed by atoms with Crippen molar-refractivity contribution in [1.29, 1.82) is 0 Å². The van der Waals surface area contributed by atoms with Gasteiger partial charge in [-0.1, -0.05) is 19.3 Å². The molecule has 1 aliphatic carbocycles. The average Bonchev–Trinajstić information content (AvgIpc) is 2.51. The van der Waals surface area contributed by atoms with E-state index in [9.17, 15) is 14.0 Å². The van der Waals surface area contributed by atoms with Crippen molar-refractivity contribution in [2.45, 2.75) is 38.1 Å². The first-order valence-electron chi connectivity index (χ1n) is 7.66. The number of pyridine rings is 1. The Morgan fingerprint density at radius 1 is 1.27 bits per heavy atom. The second kappa shape index (κ2) is 5.91. The highest BCUT2D eigenvalue weighted by Gasteiger charge is 2.20. The van der Waals surface area contributed by atoms with Crippen LogP contribution < -0.4 is 10.7 Å². The fourth-order valence-electron chi connectivity index (χ4n) is 3.14. The number of nitrogens with zero attached hydrogens (tertiary/aromatic N) is 1. The highest BCUT2D eigenvalue weighted by molar-refractivity contribution is 5.97. The molecule has 1 aliphatic rings. The third kappa shape index (κ3) is 2.75. The molecule has 1 saturated carbocycles. The number of nitrogens with one attached hydrogen (secondary N) is 1.